The van der Waals surface area contributed by atoms with Crippen LogP contribution >= 0.6 is 11.8 Å². The fourth-order valence-corrected chi connectivity index (χ4v) is 6.37. The third-order valence-corrected chi connectivity index (χ3v) is 9.02. The fraction of sp³-hybridized carbons (Fsp3) is 0.600. The van der Waals surface area contributed by atoms with Crippen LogP contribution in [0.2, 0.25) is 0 Å². The maximum absolute atomic E-state index is 13.7. The molecule has 2 heterocycles. The Hall–Kier alpha value is -3.21. The summed E-state index contributed by atoms with van der Waals surface area (Å²) in [6.07, 6.45) is 6.86. The molecule has 41 heavy (non-hydrogen) atoms. The van der Waals surface area contributed by atoms with Crippen LogP contribution in [0, 0.1) is 12.8 Å². The van der Waals surface area contributed by atoms with Crippen LogP contribution in [0.1, 0.15) is 63.6 Å². The van der Waals surface area contributed by atoms with Crippen molar-refractivity contribution in [2.24, 2.45) is 5.92 Å². The van der Waals surface area contributed by atoms with Crippen LogP contribution in [0.5, 0.6) is 0 Å². The fourth-order valence-electron chi connectivity index (χ4n) is 5.89. The van der Waals surface area contributed by atoms with Crippen molar-refractivity contribution in [2.45, 2.75) is 95.9 Å². The van der Waals surface area contributed by atoms with E-state index in [-0.39, 0.29) is 36.9 Å². The number of urea groups is 1. The van der Waals surface area contributed by atoms with Gasteiger partial charge in [0.2, 0.25) is 11.8 Å². The average Bonchev–Trinajstić information content (AvgIpc) is 3.72. The number of hydrogen-bond acceptors (Lipinski definition) is 5. The second kappa shape index (κ2) is 13.6. The normalized spacial score (nSPS) is 21.1. The number of H-pyrrole nitrogens is 1. The molecule has 0 spiro atoms. The smallest absolute Gasteiger partial charge is 0.326 e. The van der Waals surface area contributed by atoms with E-state index in [0.717, 1.165) is 54.3 Å². The van der Waals surface area contributed by atoms with E-state index in [4.69, 9.17) is 0 Å². The minimum atomic E-state index is -1.12. The molecule has 11 heteroatoms. The standard InChI is InChI=1S/C30H43N5O5S/c1-17-8-7-9-18(2)35(17)30(40)34-26(20-12-13-20)28(37)33-25(27(36)32-24(29(38)39)14-15-41-4)16-22-19(3)31-23-11-6-5-10-21(22)23/h5-6,10-11,17-18,20,24-26,31H,7-9,12-16H2,1-4H3,(H,32,36)(H,33,37)(H,34,40)(H,38,39)/t17-,18+,24-,25-,26?/m1/s1. The number of thioether (sulfide) groups is 1. The maximum Gasteiger partial charge on any atom is 0.326 e. The van der Waals surface area contributed by atoms with Crippen LogP contribution in [-0.4, -0.2) is 81.0 Å². The first-order valence-corrected chi connectivity index (χ1v) is 16.0. The molecule has 4 rings (SSSR count). The van der Waals surface area contributed by atoms with Crippen molar-refractivity contribution in [1.29, 1.82) is 0 Å². The van der Waals surface area contributed by atoms with Crippen molar-refractivity contribution in [1.82, 2.24) is 25.8 Å². The van der Waals surface area contributed by atoms with E-state index in [9.17, 15) is 24.3 Å². The Bertz CT molecular complexity index is 1250. The molecular formula is C30H43N5O5S. The lowest BCUT2D eigenvalue weighted by Gasteiger charge is -2.39. The predicted octanol–water partition coefficient (Wildman–Crippen LogP) is 3.58. The molecule has 2 fully saturated rings. The molecule has 2 aromatic rings. The van der Waals surface area contributed by atoms with Gasteiger partial charge in [-0.05, 0) is 88.9 Å². The van der Waals surface area contributed by atoms with Crippen molar-refractivity contribution in [2.75, 3.05) is 12.0 Å². The highest BCUT2D eigenvalue weighted by atomic mass is 32.2. The van der Waals surface area contributed by atoms with E-state index in [2.05, 4.69) is 20.9 Å². The molecule has 1 saturated carbocycles. The van der Waals surface area contributed by atoms with Gasteiger partial charge in [0.1, 0.15) is 18.1 Å². The third-order valence-electron chi connectivity index (χ3n) is 8.38. The van der Waals surface area contributed by atoms with Gasteiger partial charge < -0.3 is 30.9 Å². The number of benzene rings is 1. The number of amides is 4. The Morgan fingerprint density at radius 1 is 1.00 bits per heavy atom. The minimum absolute atomic E-state index is 0.00114. The van der Waals surface area contributed by atoms with E-state index in [1.54, 1.807) is 0 Å². The molecule has 5 atom stereocenters. The molecule has 1 aromatic heterocycles. The van der Waals surface area contributed by atoms with Gasteiger partial charge in [-0.25, -0.2) is 9.59 Å². The monoisotopic (exact) mass is 585 g/mol. The Morgan fingerprint density at radius 2 is 1.66 bits per heavy atom. The highest BCUT2D eigenvalue weighted by Crippen LogP contribution is 2.33. The van der Waals surface area contributed by atoms with Crippen LogP contribution < -0.4 is 16.0 Å². The van der Waals surface area contributed by atoms with Gasteiger partial charge in [-0.3, -0.25) is 9.59 Å². The maximum atomic E-state index is 13.7. The lowest BCUT2D eigenvalue weighted by molar-refractivity contribution is -0.142. The summed E-state index contributed by atoms with van der Waals surface area (Å²) in [6.45, 7) is 5.97. The molecule has 2 aliphatic rings. The summed E-state index contributed by atoms with van der Waals surface area (Å²) in [4.78, 5) is 57.7. The molecule has 10 nitrogen and oxygen atoms in total. The van der Waals surface area contributed by atoms with Gasteiger partial charge in [0.05, 0.1) is 0 Å². The van der Waals surface area contributed by atoms with Crippen LogP contribution in [0.15, 0.2) is 24.3 Å². The topological polar surface area (TPSA) is 144 Å². The Balaban J connectivity index is 1.56. The van der Waals surface area contributed by atoms with Crippen LogP contribution in [-0.2, 0) is 20.8 Å². The number of aliphatic carboxylic acids is 1. The van der Waals surface area contributed by atoms with Gasteiger partial charge in [0, 0.05) is 35.1 Å². The number of rotatable bonds is 12. The molecule has 1 unspecified atom stereocenters. The quantitative estimate of drug-likeness (QED) is 0.258. The molecule has 224 valence electrons. The number of para-hydroxylation sites is 1. The van der Waals surface area contributed by atoms with E-state index in [0.29, 0.717) is 5.75 Å². The molecule has 1 aliphatic carbocycles. The number of carbonyl (C=O) groups excluding carboxylic acids is 3. The first-order chi connectivity index (χ1) is 19.6. The second-order valence-corrected chi connectivity index (χ2v) is 12.5. The summed E-state index contributed by atoms with van der Waals surface area (Å²) >= 11 is 1.50. The summed E-state index contributed by atoms with van der Waals surface area (Å²) < 4.78 is 0. The second-order valence-electron chi connectivity index (χ2n) is 11.5. The number of aromatic amines is 1. The number of aryl methyl sites for hydroxylation is 1. The van der Waals surface area contributed by atoms with Gasteiger partial charge in [0.15, 0.2) is 0 Å². The van der Waals surface area contributed by atoms with Crippen molar-refractivity contribution in [3.8, 4) is 0 Å². The van der Waals surface area contributed by atoms with Gasteiger partial charge in [-0.1, -0.05) is 18.2 Å². The summed E-state index contributed by atoms with van der Waals surface area (Å²) in [5, 5.41) is 19.2. The van der Waals surface area contributed by atoms with Gasteiger partial charge in [-0.2, -0.15) is 11.8 Å². The van der Waals surface area contributed by atoms with E-state index < -0.39 is 35.9 Å². The van der Waals surface area contributed by atoms with Gasteiger partial charge >= 0.3 is 12.0 Å². The number of fused-ring (bicyclic) bond motifs is 1. The van der Waals surface area contributed by atoms with Crippen LogP contribution in [0.4, 0.5) is 4.79 Å². The molecule has 1 saturated heterocycles. The Morgan fingerprint density at radius 3 is 2.29 bits per heavy atom. The van der Waals surface area contributed by atoms with Crippen molar-refractivity contribution < 1.29 is 24.3 Å². The lowest BCUT2D eigenvalue weighted by Crippen LogP contribution is -2.60. The Labute approximate surface area is 245 Å². The number of nitrogens with one attached hydrogen (secondary N) is 4. The number of carboxylic acid groups (broad SMARTS) is 1. The number of piperidine rings is 1. The molecule has 0 radical (unpaired) electrons. The Kier molecular flexibility index (Phi) is 10.2. The zero-order valence-electron chi connectivity index (χ0n) is 24.4. The first kappa shape index (κ1) is 30.7. The average molecular weight is 586 g/mol. The molecule has 1 aromatic carbocycles. The van der Waals surface area contributed by atoms with Crippen LogP contribution in [0.25, 0.3) is 10.9 Å². The minimum Gasteiger partial charge on any atom is -0.480 e. The summed E-state index contributed by atoms with van der Waals surface area (Å²) in [5.41, 5.74) is 2.66. The number of carboxylic acids is 1. The largest absolute Gasteiger partial charge is 0.480 e. The first-order valence-electron chi connectivity index (χ1n) is 14.6. The zero-order valence-corrected chi connectivity index (χ0v) is 25.2. The highest BCUT2D eigenvalue weighted by molar-refractivity contribution is 7.98. The molecule has 0 bridgehead atoms. The molecule has 5 N–H and O–H groups in total. The van der Waals surface area contributed by atoms with Gasteiger partial charge in [0.25, 0.3) is 0 Å². The molecule has 4 amide bonds. The summed E-state index contributed by atoms with van der Waals surface area (Å²) in [5.74, 6) is -1.53. The number of hydrogen-bond donors (Lipinski definition) is 5. The van der Waals surface area contributed by atoms with Crippen molar-refractivity contribution >= 4 is 46.5 Å². The molecular weight excluding hydrogens is 542 g/mol. The third kappa shape index (κ3) is 7.55. The van der Waals surface area contributed by atoms with E-state index in [1.165, 1.54) is 11.8 Å². The number of aromatic nitrogens is 1. The highest BCUT2D eigenvalue weighted by Gasteiger charge is 2.41. The van der Waals surface area contributed by atoms with Crippen molar-refractivity contribution in [3.05, 3.63) is 35.5 Å². The van der Waals surface area contributed by atoms with E-state index in [1.807, 2.05) is 56.2 Å². The summed E-state index contributed by atoms with van der Waals surface area (Å²) in [6, 6.07) is 4.78. The lowest BCUT2D eigenvalue weighted by atomic mass is 9.98. The van der Waals surface area contributed by atoms with Crippen molar-refractivity contribution in [3.63, 3.8) is 0 Å². The predicted molar refractivity (Wildman–Crippen MR) is 161 cm³/mol. The van der Waals surface area contributed by atoms with Gasteiger partial charge in [-0.15, -0.1) is 0 Å². The van der Waals surface area contributed by atoms with Crippen LogP contribution in [0.3, 0.4) is 0 Å². The number of nitrogens with zero attached hydrogens (tertiary/aromatic N) is 1. The SMILES string of the molecule is CSCC[C@@H](NC(=O)[C@@H](Cc1c(C)[nH]c2ccccc12)NC(=O)C(NC(=O)N1[C@H](C)CCC[C@@H]1C)C1CC1)C(=O)O. The number of carbonyl (C=O) groups is 4. The number of likely N-dealkylation sites (tertiary alicyclic amines) is 1. The van der Waals surface area contributed by atoms with E-state index >= 15 is 0 Å². The summed E-state index contributed by atoms with van der Waals surface area (Å²) in [7, 11) is 0. The zero-order chi connectivity index (χ0) is 29.7. The molecule has 1 aliphatic heterocycles.